The summed E-state index contributed by atoms with van der Waals surface area (Å²) < 4.78 is 5.09. The number of rotatable bonds is 10. The summed E-state index contributed by atoms with van der Waals surface area (Å²) in [7, 11) is 0. The van der Waals surface area contributed by atoms with Crippen LogP contribution in [0.3, 0.4) is 0 Å². The van der Waals surface area contributed by atoms with Crippen molar-refractivity contribution in [2.75, 3.05) is 5.12 Å². The third-order valence-electron chi connectivity index (χ3n) is 3.83. The smallest absolute Gasteiger partial charge is 0.230 e. The number of unbranched alkanes of at least 4 members (excludes halogenated alkanes) is 3. The largest absolute Gasteiger partial charge is 0.446 e. The highest BCUT2D eigenvalue weighted by Gasteiger charge is 2.11. The molecular formula is C18H26N4O2. The maximum atomic E-state index is 10.0. The van der Waals surface area contributed by atoms with Crippen LogP contribution in [-0.4, -0.2) is 17.0 Å². The molecule has 2 aromatic rings. The quantitative estimate of drug-likeness (QED) is 0.204. The van der Waals surface area contributed by atoms with Gasteiger partial charge in [-0.05, 0) is 30.9 Å². The molecule has 2 rings (SSSR count). The number of aryl methyl sites for hydroxylation is 1. The summed E-state index contributed by atoms with van der Waals surface area (Å²) in [5.41, 5.74) is 7.15. The first-order chi connectivity index (χ1) is 11.7. The number of hydrogen-bond acceptors (Lipinski definition) is 5. The van der Waals surface area contributed by atoms with Gasteiger partial charge in [-0.25, -0.2) is 5.84 Å². The molecule has 1 heterocycles. The van der Waals surface area contributed by atoms with Gasteiger partial charge < -0.3 is 15.3 Å². The van der Waals surface area contributed by atoms with Crippen molar-refractivity contribution in [2.45, 2.75) is 44.6 Å². The molecule has 1 unspecified atom stereocenters. The summed E-state index contributed by atoms with van der Waals surface area (Å²) in [4.78, 5) is 0. The van der Waals surface area contributed by atoms with Gasteiger partial charge in [-0.2, -0.15) is 5.12 Å². The van der Waals surface area contributed by atoms with E-state index >= 15 is 0 Å². The van der Waals surface area contributed by atoms with Crippen LogP contribution in [0, 0.1) is 0 Å². The van der Waals surface area contributed by atoms with Gasteiger partial charge in [-0.15, -0.1) is 5.10 Å². The zero-order valence-electron chi connectivity index (χ0n) is 13.8. The SMILES string of the molecule is N/C(=N\N(N)c1ccco1)C(O)CCCCCCc1ccccc1. The number of anilines is 1. The summed E-state index contributed by atoms with van der Waals surface area (Å²) >= 11 is 0. The van der Waals surface area contributed by atoms with Gasteiger partial charge in [0.2, 0.25) is 5.88 Å². The predicted molar refractivity (Wildman–Crippen MR) is 96.2 cm³/mol. The predicted octanol–water partition coefficient (Wildman–Crippen LogP) is 2.79. The Morgan fingerprint density at radius 2 is 1.83 bits per heavy atom. The molecule has 1 aromatic carbocycles. The molecule has 1 aromatic heterocycles. The lowest BCUT2D eigenvalue weighted by molar-refractivity contribution is 0.224. The van der Waals surface area contributed by atoms with E-state index in [-0.39, 0.29) is 5.84 Å². The van der Waals surface area contributed by atoms with Gasteiger partial charge in [-0.3, -0.25) is 0 Å². The molecule has 0 aliphatic rings. The fourth-order valence-electron chi connectivity index (χ4n) is 2.45. The van der Waals surface area contributed by atoms with Crippen molar-refractivity contribution in [2.24, 2.45) is 16.7 Å². The summed E-state index contributed by atoms with van der Waals surface area (Å²) in [6.45, 7) is 0. The molecule has 24 heavy (non-hydrogen) atoms. The normalized spacial score (nSPS) is 13.0. The minimum Gasteiger partial charge on any atom is -0.446 e. The number of hydrazone groups is 1. The van der Waals surface area contributed by atoms with E-state index in [4.69, 9.17) is 16.0 Å². The third-order valence-corrected chi connectivity index (χ3v) is 3.83. The van der Waals surface area contributed by atoms with Crippen LogP contribution in [0.1, 0.15) is 37.7 Å². The van der Waals surface area contributed by atoms with Crippen molar-refractivity contribution in [1.82, 2.24) is 0 Å². The molecule has 0 amide bonds. The van der Waals surface area contributed by atoms with Crippen LogP contribution >= 0.6 is 0 Å². The molecule has 0 saturated heterocycles. The summed E-state index contributed by atoms with van der Waals surface area (Å²) in [6.07, 6.45) is 6.61. The lowest BCUT2D eigenvalue weighted by Crippen LogP contribution is -2.35. The van der Waals surface area contributed by atoms with Crippen molar-refractivity contribution < 1.29 is 9.52 Å². The van der Waals surface area contributed by atoms with Gasteiger partial charge >= 0.3 is 0 Å². The molecule has 0 aliphatic carbocycles. The van der Waals surface area contributed by atoms with Crippen molar-refractivity contribution in [3.05, 3.63) is 54.3 Å². The van der Waals surface area contributed by atoms with E-state index in [1.165, 1.54) is 11.8 Å². The maximum Gasteiger partial charge on any atom is 0.230 e. The van der Waals surface area contributed by atoms with E-state index in [0.717, 1.165) is 37.2 Å². The van der Waals surface area contributed by atoms with Crippen molar-refractivity contribution in [1.29, 1.82) is 0 Å². The number of amidine groups is 1. The number of furan rings is 1. The minimum absolute atomic E-state index is 0.0955. The van der Waals surface area contributed by atoms with Crippen molar-refractivity contribution >= 4 is 11.7 Å². The lowest BCUT2D eigenvalue weighted by atomic mass is 10.0. The van der Waals surface area contributed by atoms with Crippen LogP contribution in [0.25, 0.3) is 0 Å². The zero-order chi connectivity index (χ0) is 17.2. The van der Waals surface area contributed by atoms with E-state index in [9.17, 15) is 5.11 Å². The zero-order valence-corrected chi connectivity index (χ0v) is 13.8. The molecule has 0 spiro atoms. The van der Waals surface area contributed by atoms with Crippen LogP contribution < -0.4 is 16.7 Å². The molecule has 5 N–H and O–H groups in total. The average Bonchev–Trinajstić information content (AvgIpc) is 3.13. The number of hydrogen-bond donors (Lipinski definition) is 3. The minimum atomic E-state index is -0.792. The maximum absolute atomic E-state index is 10.0. The molecule has 0 saturated carbocycles. The van der Waals surface area contributed by atoms with Crippen LogP contribution in [0.2, 0.25) is 0 Å². The number of hydrazine groups is 1. The molecule has 1 atom stereocenters. The van der Waals surface area contributed by atoms with Crippen LogP contribution in [0.5, 0.6) is 0 Å². The average molecular weight is 330 g/mol. The number of aliphatic hydroxyl groups excluding tert-OH is 1. The highest BCUT2D eigenvalue weighted by atomic mass is 16.4. The summed E-state index contributed by atoms with van der Waals surface area (Å²) in [6, 6.07) is 13.8. The standard InChI is InChI=1S/C18H26N4O2/c19-18(21-22(20)17-13-8-14-24-17)16(23)12-7-2-1-4-9-15-10-5-3-6-11-15/h3,5-6,8,10-11,13-14,16,23H,1-2,4,7,9,12,20H2,(H2,19,21). The first-order valence-corrected chi connectivity index (χ1v) is 8.31. The van der Waals surface area contributed by atoms with Gasteiger partial charge in [0.15, 0.2) is 5.84 Å². The van der Waals surface area contributed by atoms with Crippen molar-refractivity contribution in [3.63, 3.8) is 0 Å². The topological polar surface area (TPSA) is 101 Å². The number of nitrogens with two attached hydrogens (primary N) is 2. The second-order valence-electron chi connectivity index (χ2n) is 5.78. The van der Waals surface area contributed by atoms with Gasteiger partial charge in [-0.1, -0.05) is 49.6 Å². The van der Waals surface area contributed by atoms with E-state index in [2.05, 4.69) is 29.4 Å². The molecule has 0 fully saturated rings. The fourth-order valence-corrected chi connectivity index (χ4v) is 2.45. The Hall–Kier alpha value is -2.31. The van der Waals surface area contributed by atoms with Crippen LogP contribution in [-0.2, 0) is 6.42 Å². The second-order valence-corrected chi connectivity index (χ2v) is 5.78. The first kappa shape index (κ1) is 18.0. The highest BCUT2D eigenvalue weighted by molar-refractivity contribution is 5.85. The number of aliphatic hydroxyl groups is 1. The van der Waals surface area contributed by atoms with E-state index in [1.54, 1.807) is 12.1 Å². The van der Waals surface area contributed by atoms with Crippen LogP contribution in [0.4, 0.5) is 5.88 Å². The molecular weight excluding hydrogens is 304 g/mol. The van der Waals surface area contributed by atoms with Gasteiger partial charge in [0.05, 0.1) is 6.26 Å². The van der Waals surface area contributed by atoms with Gasteiger partial charge in [0.25, 0.3) is 0 Å². The number of benzene rings is 1. The van der Waals surface area contributed by atoms with E-state index in [0.29, 0.717) is 12.3 Å². The highest BCUT2D eigenvalue weighted by Crippen LogP contribution is 2.12. The number of nitrogens with zero attached hydrogens (tertiary/aromatic N) is 2. The monoisotopic (exact) mass is 330 g/mol. The Balaban J connectivity index is 1.61. The molecule has 6 nitrogen and oxygen atoms in total. The molecule has 0 radical (unpaired) electrons. The first-order valence-electron chi connectivity index (χ1n) is 8.31. The molecule has 0 aliphatic heterocycles. The molecule has 6 heteroatoms. The van der Waals surface area contributed by atoms with Crippen molar-refractivity contribution in [3.8, 4) is 0 Å². The molecule has 0 bridgehead atoms. The molecule has 130 valence electrons. The third kappa shape index (κ3) is 6.06. The Bertz CT molecular complexity index is 599. The second kappa shape index (κ2) is 9.75. The van der Waals surface area contributed by atoms with Gasteiger partial charge in [0, 0.05) is 6.07 Å². The fraction of sp³-hybridized carbons (Fsp3) is 0.389. The summed E-state index contributed by atoms with van der Waals surface area (Å²) in [5.74, 6) is 6.15. The van der Waals surface area contributed by atoms with Gasteiger partial charge in [0.1, 0.15) is 6.10 Å². The van der Waals surface area contributed by atoms with Crippen LogP contribution in [0.15, 0.2) is 58.2 Å². The Labute approximate surface area is 142 Å². The Morgan fingerprint density at radius 1 is 1.08 bits per heavy atom. The lowest BCUT2D eigenvalue weighted by Gasteiger charge is -2.13. The Kier molecular flexibility index (Phi) is 7.32. The summed E-state index contributed by atoms with van der Waals surface area (Å²) in [5, 5.41) is 15.0. The van der Waals surface area contributed by atoms with E-state index < -0.39 is 6.10 Å². The Morgan fingerprint density at radius 3 is 2.54 bits per heavy atom. The van der Waals surface area contributed by atoms with E-state index in [1.807, 2.05) is 6.07 Å².